The van der Waals surface area contributed by atoms with Gasteiger partial charge >= 0.3 is 0 Å². The number of rotatable bonds is 4. The van der Waals surface area contributed by atoms with Crippen LogP contribution in [0.2, 0.25) is 0 Å². The van der Waals surface area contributed by atoms with Crippen LogP contribution in [0.3, 0.4) is 0 Å². The summed E-state index contributed by atoms with van der Waals surface area (Å²) in [6.07, 6.45) is 1.59. The Bertz CT molecular complexity index is 266. The first kappa shape index (κ1) is 13.0. The topological polar surface area (TPSA) is 69.6 Å². The Morgan fingerprint density at radius 3 is 2.94 bits per heavy atom. The largest absolute Gasteiger partial charge is 0.393 e. The lowest BCUT2D eigenvalue weighted by molar-refractivity contribution is -0.134. The van der Waals surface area contributed by atoms with Gasteiger partial charge < -0.3 is 15.3 Å². The molecule has 1 rings (SSSR count). The monoisotopic (exact) mass is 228 g/mol. The van der Waals surface area contributed by atoms with Crippen molar-refractivity contribution in [3.63, 3.8) is 0 Å². The zero-order valence-electron chi connectivity index (χ0n) is 9.90. The highest BCUT2D eigenvalue weighted by Crippen LogP contribution is 2.10. The van der Waals surface area contributed by atoms with E-state index in [-0.39, 0.29) is 17.9 Å². The number of carbonyl (C=O) groups is 2. The lowest BCUT2D eigenvalue weighted by atomic mass is 10.1. The zero-order valence-corrected chi connectivity index (χ0v) is 9.90. The molecule has 92 valence electrons. The van der Waals surface area contributed by atoms with Gasteiger partial charge in [0.25, 0.3) is 0 Å². The van der Waals surface area contributed by atoms with Crippen molar-refractivity contribution in [2.75, 3.05) is 13.6 Å². The van der Waals surface area contributed by atoms with Gasteiger partial charge in [0.2, 0.25) is 11.8 Å². The summed E-state index contributed by atoms with van der Waals surface area (Å²) < 4.78 is 0. The maximum absolute atomic E-state index is 11.5. The van der Waals surface area contributed by atoms with E-state index in [1.807, 2.05) is 0 Å². The molecule has 0 aromatic carbocycles. The van der Waals surface area contributed by atoms with Crippen molar-refractivity contribution in [1.82, 2.24) is 10.2 Å². The minimum absolute atomic E-state index is 0.0475. The molecular weight excluding hydrogens is 208 g/mol. The predicted octanol–water partition coefficient (Wildman–Crippen LogP) is -0.116. The molecule has 1 heterocycles. The van der Waals surface area contributed by atoms with Crippen LogP contribution in [0.4, 0.5) is 0 Å². The van der Waals surface area contributed by atoms with Gasteiger partial charge in [-0.15, -0.1) is 0 Å². The van der Waals surface area contributed by atoms with Gasteiger partial charge in [0.05, 0.1) is 6.10 Å². The molecule has 1 aliphatic heterocycles. The molecule has 5 nitrogen and oxygen atoms in total. The molecule has 0 aromatic rings. The maximum Gasteiger partial charge on any atom is 0.222 e. The van der Waals surface area contributed by atoms with Crippen LogP contribution in [0.1, 0.15) is 32.6 Å². The van der Waals surface area contributed by atoms with Crippen molar-refractivity contribution in [3.8, 4) is 0 Å². The summed E-state index contributed by atoms with van der Waals surface area (Å²) in [6, 6.07) is 0.0594. The van der Waals surface area contributed by atoms with Crippen molar-refractivity contribution in [2.24, 2.45) is 0 Å². The van der Waals surface area contributed by atoms with Gasteiger partial charge in [-0.05, 0) is 19.8 Å². The third-order valence-corrected chi connectivity index (χ3v) is 2.78. The first-order valence-corrected chi connectivity index (χ1v) is 5.70. The van der Waals surface area contributed by atoms with Crippen molar-refractivity contribution in [3.05, 3.63) is 0 Å². The highest BCUT2D eigenvalue weighted by molar-refractivity contribution is 5.78. The number of likely N-dealkylation sites (tertiary alicyclic amines) is 1. The highest BCUT2D eigenvalue weighted by Gasteiger charge is 2.23. The van der Waals surface area contributed by atoms with Crippen molar-refractivity contribution in [1.29, 1.82) is 0 Å². The predicted molar refractivity (Wildman–Crippen MR) is 59.7 cm³/mol. The standard InChI is InChI=1S/C11H20N2O3/c1-8(14)3-5-10(15)12-9-4-6-11(16)13(2)7-9/h8-9,14H,3-7H2,1-2H3,(H,12,15). The lowest BCUT2D eigenvalue weighted by Gasteiger charge is -2.30. The summed E-state index contributed by atoms with van der Waals surface area (Å²) in [6.45, 7) is 2.25. The van der Waals surface area contributed by atoms with Gasteiger partial charge in [-0.2, -0.15) is 0 Å². The number of hydrogen-bond donors (Lipinski definition) is 2. The van der Waals surface area contributed by atoms with Crippen LogP contribution in [0.5, 0.6) is 0 Å². The summed E-state index contributed by atoms with van der Waals surface area (Å²) in [5.74, 6) is 0.0862. The van der Waals surface area contributed by atoms with Crippen LogP contribution in [0.25, 0.3) is 0 Å². The molecule has 5 heteroatoms. The number of aliphatic hydroxyl groups excluding tert-OH is 1. The van der Waals surface area contributed by atoms with Crippen LogP contribution in [-0.4, -0.2) is 47.6 Å². The molecule has 2 unspecified atom stereocenters. The molecule has 0 bridgehead atoms. The number of hydrogen-bond acceptors (Lipinski definition) is 3. The summed E-state index contributed by atoms with van der Waals surface area (Å²) in [7, 11) is 1.75. The zero-order chi connectivity index (χ0) is 12.1. The molecule has 2 N–H and O–H groups in total. The van der Waals surface area contributed by atoms with Crippen LogP contribution in [-0.2, 0) is 9.59 Å². The van der Waals surface area contributed by atoms with Crippen molar-refractivity contribution < 1.29 is 14.7 Å². The van der Waals surface area contributed by atoms with Crippen LogP contribution < -0.4 is 5.32 Å². The normalized spacial score (nSPS) is 23.1. The van der Waals surface area contributed by atoms with E-state index in [1.165, 1.54) is 0 Å². The van der Waals surface area contributed by atoms with E-state index < -0.39 is 6.10 Å². The molecule has 2 atom stereocenters. The Morgan fingerprint density at radius 1 is 1.69 bits per heavy atom. The minimum Gasteiger partial charge on any atom is -0.393 e. The molecule has 1 aliphatic rings. The first-order chi connectivity index (χ1) is 7.49. The van der Waals surface area contributed by atoms with Crippen molar-refractivity contribution in [2.45, 2.75) is 44.8 Å². The summed E-state index contributed by atoms with van der Waals surface area (Å²) >= 11 is 0. The second-order valence-corrected chi connectivity index (χ2v) is 4.47. The number of nitrogens with zero attached hydrogens (tertiary/aromatic N) is 1. The molecule has 0 aromatic heterocycles. The first-order valence-electron chi connectivity index (χ1n) is 5.70. The Hall–Kier alpha value is -1.10. The molecule has 16 heavy (non-hydrogen) atoms. The van der Waals surface area contributed by atoms with E-state index in [2.05, 4.69) is 5.32 Å². The molecule has 2 amide bonds. The number of amides is 2. The van der Waals surface area contributed by atoms with Gasteiger partial charge in [-0.25, -0.2) is 0 Å². The average Bonchev–Trinajstić information content (AvgIpc) is 2.21. The SMILES string of the molecule is CC(O)CCC(=O)NC1CCC(=O)N(C)C1. The Kier molecular flexibility index (Phi) is 4.73. The Morgan fingerprint density at radius 2 is 2.38 bits per heavy atom. The van der Waals surface area contributed by atoms with E-state index in [4.69, 9.17) is 5.11 Å². The van der Waals surface area contributed by atoms with Crippen molar-refractivity contribution >= 4 is 11.8 Å². The second-order valence-electron chi connectivity index (χ2n) is 4.47. The Balaban J connectivity index is 2.26. The van der Waals surface area contributed by atoms with E-state index in [0.717, 1.165) is 0 Å². The van der Waals surface area contributed by atoms with E-state index in [1.54, 1.807) is 18.9 Å². The van der Waals surface area contributed by atoms with Gasteiger partial charge in [-0.3, -0.25) is 9.59 Å². The number of piperidine rings is 1. The molecule has 1 saturated heterocycles. The fourth-order valence-corrected chi connectivity index (χ4v) is 1.77. The quantitative estimate of drug-likeness (QED) is 0.705. The fourth-order valence-electron chi connectivity index (χ4n) is 1.77. The maximum atomic E-state index is 11.5. The third-order valence-electron chi connectivity index (χ3n) is 2.78. The average molecular weight is 228 g/mol. The van der Waals surface area contributed by atoms with E-state index in [9.17, 15) is 9.59 Å². The molecule has 0 aliphatic carbocycles. The smallest absolute Gasteiger partial charge is 0.222 e. The second kappa shape index (κ2) is 5.84. The van der Waals surface area contributed by atoms with E-state index >= 15 is 0 Å². The van der Waals surface area contributed by atoms with Gasteiger partial charge in [0, 0.05) is 32.5 Å². The van der Waals surface area contributed by atoms with Gasteiger partial charge in [0.1, 0.15) is 0 Å². The van der Waals surface area contributed by atoms with Crippen LogP contribution in [0, 0.1) is 0 Å². The highest BCUT2D eigenvalue weighted by atomic mass is 16.3. The Labute approximate surface area is 95.8 Å². The summed E-state index contributed by atoms with van der Waals surface area (Å²) in [5, 5.41) is 11.9. The number of nitrogens with one attached hydrogen (secondary N) is 1. The molecule has 1 fully saturated rings. The van der Waals surface area contributed by atoms with Gasteiger partial charge in [0.15, 0.2) is 0 Å². The molecular formula is C11H20N2O3. The number of likely N-dealkylation sites (N-methyl/N-ethyl adjacent to an activating group) is 1. The number of aliphatic hydroxyl groups is 1. The fraction of sp³-hybridized carbons (Fsp3) is 0.818. The minimum atomic E-state index is -0.443. The third kappa shape index (κ3) is 4.18. The molecule has 0 radical (unpaired) electrons. The van der Waals surface area contributed by atoms with E-state index in [0.29, 0.717) is 32.2 Å². The summed E-state index contributed by atoms with van der Waals surface area (Å²) in [4.78, 5) is 24.3. The molecule has 0 saturated carbocycles. The lowest BCUT2D eigenvalue weighted by Crippen LogP contribution is -2.48. The molecule has 0 spiro atoms. The van der Waals surface area contributed by atoms with Crippen LogP contribution >= 0.6 is 0 Å². The van der Waals surface area contributed by atoms with Gasteiger partial charge in [-0.1, -0.05) is 0 Å². The van der Waals surface area contributed by atoms with Crippen LogP contribution in [0.15, 0.2) is 0 Å². The number of carbonyl (C=O) groups excluding carboxylic acids is 2. The summed E-state index contributed by atoms with van der Waals surface area (Å²) in [5.41, 5.74) is 0.